The van der Waals surface area contributed by atoms with Crippen molar-refractivity contribution >= 4 is 21.8 Å². The molecule has 41 heavy (non-hydrogen) atoms. The predicted molar refractivity (Wildman–Crippen MR) is 144 cm³/mol. The fraction of sp³-hybridized carbons (Fsp3) is 0.321. The Morgan fingerprint density at radius 3 is 2.44 bits per heavy atom. The van der Waals surface area contributed by atoms with Crippen LogP contribution < -0.4 is 19.0 Å². The highest BCUT2D eigenvalue weighted by Gasteiger charge is 2.32. The lowest BCUT2D eigenvalue weighted by Gasteiger charge is -2.26. The standard InChI is InChI=1S/C28H29F3N2O7S/c1-37-24-11-4-3-10-23(24)32-27(34)33(18-21-8-6-14-39-21)17-19-12-13-25(38-2)26(15-19)40-41(35,36)22-9-5-7-20(16-22)28(29,30)31/h3-5,7,9-13,15-16,21H,6,8,14,17-18H2,1-2H3,(H,32,34)/t21-/m1/s1. The SMILES string of the molecule is COc1ccccc1NC(=O)N(Cc1ccc(OC)c(OS(=O)(=O)c2cccc(C(F)(F)F)c2)c1)C[C@H]1CCCO1. The number of amides is 2. The molecular weight excluding hydrogens is 565 g/mol. The van der Waals surface area contributed by atoms with Gasteiger partial charge in [-0.1, -0.05) is 24.3 Å². The second-order valence-corrected chi connectivity index (χ2v) is 10.7. The van der Waals surface area contributed by atoms with Gasteiger partial charge in [0.2, 0.25) is 0 Å². The number of anilines is 1. The minimum atomic E-state index is -4.74. The number of nitrogens with one attached hydrogen (secondary N) is 1. The van der Waals surface area contributed by atoms with Gasteiger partial charge in [-0.25, -0.2) is 4.79 Å². The zero-order valence-corrected chi connectivity index (χ0v) is 23.1. The van der Waals surface area contributed by atoms with Crippen molar-refractivity contribution in [1.29, 1.82) is 0 Å². The Bertz CT molecular complexity index is 1480. The lowest BCUT2D eigenvalue weighted by molar-refractivity contribution is -0.137. The van der Waals surface area contributed by atoms with Gasteiger partial charge in [-0.05, 0) is 60.9 Å². The number of para-hydroxylation sites is 2. The molecule has 1 fully saturated rings. The first-order chi connectivity index (χ1) is 19.5. The van der Waals surface area contributed by atoms with Crippen LogP contribution in [-0.4, -0.2) is 52.8 Å². The summed E-state index contributed by atoms with van der Waals surface area (Å²) in [7, 11) is -1.88. The number of hydrogen-bond acceptors (Lipinski definition) is 7. The summed E-state index contributed by atoms with van der Waals surface area (Å²) in [6.07, 6.45) is -3.29. The molecular formula is C28H29F3N2O7S. The van der Waals surface area contributed by atoms with E-state index in [2.05, 4.69) is 5.32 Å². The van der Waals surface area contributed by atoms with Crippen molar-refractivity contribution in [2.24, 2.45) is 0 Å². The van der Waals surface area contributed by atoms with Gasteiger partial charge in [0.25, 0.3) is 0 Å². The Morgan fingerprint density at radius 2 is 1.76 bits per heavy atom. The van der Waals surface area contributed by atoms with E-state index in [0.29, 0.717) is 29.7 Å². The maximum absolute atomic E-state index is 13.4. The van der Waals surface area contributed by atoms with Crippen LogP contribution in [0.25, 0.3) is 0 Å². The summed E-state index contributed by atoms with van der Waals surface area (Å²) in [5.74, 6) is 0.260. The van der Waals surface area contributed by atoms with Crippen molar-refractivity contribution in [3.63, 3.8) is 0 Å². The van der Waals surface area contributed by atoms with Gasteiger partial charge in [0, 0.05) is 19.7 Å². The van der Waals surface area contributed by atoms with E-state index < -0.39 is 32.8 Å². The van der Waals surface area contributed by atoms with Gasteiger partial charge in [0.1, 0.15) is 10.6 Å². The van der Waals surface area contributed by atoms with Crippen molar-refractivity contribution in [2.75, 3.05) is 32.7 Å². The van der Waals surface area contributed by atoms with Gasteiger partial charge in [-0.3, -0.25) is 0 Å². The topological polar surface area (TPSA) is 103 Å². The second kappa shape index (κ2) is 12.7. The van der Waals surface area contributed by atoms with Crippen LogP contribution in [0.15, 0.2) is 71.6 Å². The predicted octanol–water partition coefficient (Wildman–Crippen LogP) is 5.70. The summed E-state index contributed by atoms with van der Waals surface area (Å²) in [5.41, 5.74) is -0.190. The van der Waals surface area contributed by atoms with E-state index in [1.54, 1.807) is 30.3 Å². The molecule has 0 aromatic heterocycles. The number of nitrogens with zero attached hydrogens (tertiary/aromatic N) is 1. The summed E-state index contributed by atoms with van der Waals surface area (Å²) in [4.78, 5) is 14.2. The molecule has 0 unspecified atom stereocenters. The van der Waals surface area contributed by atoms with E-state index in [1.165, 1.54) is 31.3 Å². The molecule has 1 N–H and O–H groups in total. The van der Waals surface area contributed by atoms with Crippen LogP contribution in [0.4, 0.5) is 23.7 Å². The van der Waals surface area contributed by atoms with Crippen LogP contribution in [0.1, 0.15) is 24.0 Å². The average molecular weight is 595 g/mol. The number of rotatable bonds is 10. The monoisotopic (exact) mass is 594 g/mol. The summed E-state index contributed by atoms with van der Waals surface area (Å²) < 4.78 is 86.9. The van der Waals surface area contributed by atoms with Crippen LogP contribution in [-0.2, 0) is 27.6 Å². The minimum absolute atomic E-state index is 0.0325. The van der Waals surface area contributed by atoms with Gasteiger partial charge in [-0.2, -0.15) is 21.6 Å². The lowest BCUT2D eigenvalue weighted by atomic mass is 10.1. The third kappa shape index (κ3) is 7.61. The van der Waals surface area contributed by atoms with Crippen LogP contribution in [0.3, 0.4) is 0 Å². The molecule has 13 heteroatoms. The molecule has 2 amide bonds. The number of carbonyl (C=O) groups is 1. The van der Waals surface area contributed by atoms with Crippen LogP contribution in [0.5, 0.6) is 17.2 Å². The number of halogens is 3. The number of carbonyl (C=O) groups excluding carboxylic acids is 1. The first-order valence-corrected chi connectivity index (χ1v) is 14.0. The van der Waals surface area contributed by atoms with Gasteiger partial charge in [0.05, 0.1) is 31.6 Å². The molecule has 0 radical (unpaired) electrons. The normalized spacial score (nSPS) is 15.3. The molecule has 3 aromatic carbocycles. The third-order valence-electron chi connectivity index (χ3n) is 6.33. The number of methoxy groups -OCH3 is 2. The molecule has 1 atom stereocenters. The highest BCUT2D eigenvalue weighted by Crippen LogP contribution is 2.34. The molecule has 0 bridgehead atoms. The quantitative estimate of drug-likeness (QED) is 0.300. The molecule has 3 aromatic rings. The summed E-state index contributed by atoms with van der Waals surface area (Å²) in [6, 6.07) is 14.2. The summed E-state index contributed by atoms with van der Waals surface area (Å²) >= 11 is 0. The Hall–Kier alpha value is -3.97. The van der Waals surface area contributed by atoms with Crippen LogP contribution in [0, 0.1) is 0 Å². The fourth-order valence-corrected chi connectivity index (χ4v) is 5.27. The van der Waals surface area contributed by atoms with E-state index in [9.17, 15) is 26.4 Å². The van der Waals surface area contributed by atoms with Crippen LogP contribution in [0.2, 0.25) is 0 Å². The van der Waals surface area contributed by atoms with Gasteiger partial charge < -0.3 is 28.6 Å². The number of hydrogen-bond donors (Lipinski definition) is 1. The smallest absolute Gasteiger partial charge is 0.416 e. The van der Waals surface area contributed by atoms with Crippen molar-refractivity contribution < 1.29 is 44.8 Å². The Kier molecular flexibility index (Phi) is 9.28. The highest BCUT2D eigenvalue weighted by atomic mass is 32.2. The van der Waals surface area contributed by atoms with Gasteiger partial charge in [-0.15, -0.1) is 0 Å². The van der Waals surface area contributed by atoms with Crippen molar-refractivity contribution in [3.05, 3.63) is 77.9 Å². The Balaban J connectivity index is 1.60. The van der Waals surface area contributed by atoms with Gasteiger partial charge in [0.15, 0.2) is 11.5 Å². The Morgan fingerprint density at radius 1 is 1.00 bits per heavy atom. The molecule has 1 saturated heterocycles. The average Bonchev–Trinajstić information content (AvgIpc) is 3.46. The molecule has 220 valence electrons. The second-order valence-electron chi connectivity index (χ2n) is 9.19. The lowest BCUT2D eigenvalue weighted by Crippen LogP contribution is -2.39. The largest absolute Gasteiger partial charge is 0.495 e. The minimum Gasteiger partial charge on any atom is -0.495 e. The van der Waals surface area contributed by atoms with E-state index in [1.807, 2.05) is 0 Å². The maximum Gasteiger partial charge on any atom is 0.416 e. The van der Waals surface area contributed by atoms with E-state index in [4.69, 9.17) is 18.4 Å². The van der Waals surface area contributed by atoms with E-state index >= 15 is 0 Å². The number of benzene rings is 3. The molecule has 4 rings (SSSR count). The molecule has 1 aliphatic rings. The van der Waals surface area contributed by atoms with Crippen molar-refractivity contribution in [1.82, 2.24) is 4.90 Å². The third-order valence-corrected chi connectivity index (χ3v) is 7.57. The number of urea groups is 1. The maximum atomic E-state index is 13.4. The van der Waals surface area contributed by atoms with Crippen molar-refractivity contribution in [3.8, 4) is 17.2 Å². The van der Waals surface area contributed by atoms with Crippen LogP contribution >= 0.6 is 0 Å². The van der Waals surface area contributed by atoms with E-state index in [0.717, 1.165) is 31.0 Å². The molecule has 0 saturated carbocycles. The Labute approximate surface area is 235 Å². The van der Waals surface area contributed by atoms with E-state index in [-0.39, 0.29) is 30.7 Å². The fourth-order valence-electron chi connectivity index (χ4n) is 4.29. The molecule has 0 aliphatic carbocycles. The zero-order valence-electron chi connectivity index (χ0n) is 22.3. The highest BCUT2D eigenvalue weighted by molar-refractivity contribution is 7.87. The van der Waals surface area contributed by atoms with Crippen molar-refractivity contribution in [2.45, 2.75) is 36.6 Å². The summed E-state index contributed by atoms with van der Waals surface area (Å²) in [5, 5.41) is 2.83. The summed E-state index contributed by atoms with van der Waals surface area (Å²) in [6.45, 7) is 0.872. The molecule has 0 spiro atoms. The first-order valence-electron chi connectivity index (χ1n) is 12.6. The van der Waals surface area contributed by atoms with Gasteiger partial charge >= 0.3 is 22.3 Å². The number of alkyl halides is 3. The zero-order chi connectivity index (χ0) is 29.6. The number of ether oxygens (including phenoxy) is 3. The first kappa shape index (κ1) is 30.0. The molecule has 9 nitrogen and oxygen atoms in total. The molecule has 1 heterocycles. The molecule has 1 aliphatic heterocycles.